The molecule has 1 aliphatic rings. The third-order valence-corrected chi connectivity index (χ3v) is 1.34. The van der Waals surface area contributed by atoms with Crippen LogP contribution >= 0.6 is 0 Å². The minimum absolute atomic E-state index is 0.213. The van der Waals surface area contributed by atoms with Gasteiger partial charge >= 0.3 is 0 Å². The van der Waals surface area contributed by atoms with E-state index < -0.39 is 0 Å². The van der Waals surface area contributed by atoms with Gasteiger partial charge in [0.25, 0.3) is 0 Å². The van der Waals surface area contributed by atoms with Gasteiger partial charge in [0.05, 0.1) is 0 Å². The summed E-state index contributed by atoms with van der Waals surface area (Å²) in [7, 11) is 1.71. The summed E-state index contributed by atoms with van der Waals surface area (Å²) in [5.41, 5.74) is 6.03. The number of methoxy groups -OCH3 is 1. The molecule has 48 valence electrons. The fourth-order valence-electron chi connectivity index (χ4n) is 0.829. The molecule has 1 fully saturated rings. The van der Waals surface area contributed by atoms with E-state index in [4.69, 9.17) is 4.74 Å². The SMILES string of the molecule is COC1CC(C)NN1. The van der Waals surface area contributed by atoms with E-state index >= 15 is 0 Å². The number of nitrogens with one attached hydrogen (secondary N) is 2. The zero-order chi connectivity index (χ0) is 5.98. The number of rotatable bonds is 1. The molecule has 0 spiro atoms. The van der Waals surface area contributed by atoms with Gasteiger partial charge in [0.1, 0.15) is 6.23 Å². The monoisotopic (exact) mass is 116 g/mol. The van der Waals surface area contributed by atoms with Crippen molar-refractivity contribution in [1.29, 1.82) is 0 Å². The topological polar surface area (TPSA) is 33.3 Å². The average Bonchev–Trinajstić information content (AvgIpc) is 2.14. The summed E-state index contributed by atoms with van der Waals surface area (Å²) in [5.74, 6) is 0. The molecule has 2 N–H and O–H groups in total. The van der Waals surface area contributed by atoms with Crippen molar-refractivity contribution in [2.75, 3.05) is 7.11 Å². The van der Waals surface area contributed by atoms with E-state index in [0.29, 0.717) is 6.04 Å². The standard InChI is InChI=1S/C5H12N2O/c1-4-3-5(8-2)7-6-4/h4-7H,3H2,1-2H3. The Morgan fingerprint density at radius 3 is 2.50 bits per heavy atom. The maximum Gasteiger partial charge on any atom is 0.121 e. The second-order valence-corrected chi connectivity index (χ2v) is 2.15. The largest absolute Gasteiger partial charge is 0.365 e. The number of hydrogen-bond donors (Lipinski definition) is 2. The van der Waals surface area contributed by atoms with Crippen molar-refractivity contribution in [3.8, 4) is 0 Å². The van der Waals surface area contributed by atoms with E-state index in [2.05, 4.69) is 17.8 Å². The van der Waals surface area contributed by atoms with Crippen LogP contribution in [0.5, 0.6) is 0 Å². The lowest BCUT2D eigenvalue weighted by molar-refractivity contribution is 0.0858. The lowest BCUT2D eigenvalue weighted by Gasteiger charge is -2.03. The Bertz CT molecular complexity index is 76.8. The van der Waals surface area contributed by atoms with Gasteiger partial charge in [-0.15, -0.1) is 0 Å². The molecule has 1 aliphatic heterocycles. The van der Waals surface area contributed by atoms with E-state index in [1.165, 1.54) is 0 Å². The minimum atomic E-state index is 0.213. The highest BCUT2D eigenvalue weighted by Gasteiger charge is 2.18. The summed E-state index contributed by atoms with van der Waals surface area (Å²) in [5, 5.41) is 0. The van der Waals surface area contributed by atoms with Crippen molar-refractivity contribution >= 4 is 0 Å². The van der Waals surface area contributed by atoms with Gasteiger partial charge in [-0.05, 0) is 6.92 Å². The summed E-state index contributed by atoms with van der Waals surface area (Å²) in [6, 6.07) is 0.542. The van der Waals surface area contributed by atoms with Crippen molar-refractivity contribution in [1.82, 2.24) is 10.9 Å². The lowest BCUT2D eigenvalue weighted by Crippen LogP contribution is -2.32. The zero-order valence-corrected chi connectivity index (χ0v) is 5.27. The molecule has 3 nitrogen and oxygen atoms in total. The van der Waals surface area contributed by atoms with Gasteiger partial charge in [0.15, 0.2) is 0 Å². The zero-order valence-electron chi connectivity index (χ0n) is 5.27. The van der Waals surface area contributed by atoms with Crippen LogP contribution in [0.1, 0.15) is 13.3 Å². The molecule has 3 heteroatoms. The normalized spacial score (nSPS) is 38.2. The molecule has 0 aromatic rings. The molecule has 0 saturated carbocycles. The van der Waals surface area contributed by atoms with E-state index in [-0.39, 0.29) is 6.23 Å². The highest BCUT2D eigenvalue weighted by Crippen LogP contribution is 2.02. The molecule has 0 aromatic heterocycles. The van der Waals surface area contributed by atoms with Crippen molar-refractivity contribution in [2.45, 2.75) is 25.6 Å². The number of hydrazine groups is 1. The van der Waals surface area contributed by atoms with Crippen LogP contribution in [0.4, 0.5) is 0 Å². The Labute approximate surface area is 49.4 Å². The summed E-state index contributed by atoms with van der Waals surface area (Å²) in [6.45, 7) is 2.12. The van der Waals surface area contributed by atoms with E-state index in [1.54, 1.807) is 7.11 Å². The Balaban J connectivity index is 2.22. The van der Waals surface area contributed by atoms with Crippen LogP contribution in [-0.4, -0.2) is 19.4 Å². The van der Waals surface area contributed by atoms with Crippen LogP contribution in [0.3, 0.4) is 0 Å². The third kappa shape index (κ3) is 1.18. The Morgan fingerprint density at radius 2 is 2.25 bits per heavy atom. The van der Waals surface area contributed by atoms with Crippen LogP contribution < -0.4 is 10.9 Å². The Morgan fingerprint density at radius 1 is 1.50 bits per heavy atom. The molecule has 0 aromatic carbocycles. The predicted octanol–water partition coefficient (Wildman–Crippen LogP) is -0.155. The summed E-state index contributed by atoms with van der Waals surface area (Å²) in [6.07, 6.45) is 1.27. The second-order valence-electron chi connectivity index (χ2n) is 2.15. The lowest BCUT2D eigenvalue weighted by atomic mass is 10.3. The summed E-state index contributed by atoms with van der Waals surface area (Å²) >= 11 is 0. The fraction of sp³-hybridized carbons (Fsp3) is 1.00. The van der Waals surface area contributed by atoms with Crippen LogP contribution in [0.25, 0.3) is 0 Å². The van der Waals surface area contributed by atoms with Gasteiger partial charge in [-0.25, -0.2) is 5.43 Å². The second kappa shape index (κ2) is 2.44. The van der Waals surface area contributed by atoms with Crippen LogP contribution in [-0.2, 0) is 4.74 Å². The quantitative estimate of drug-likeness (QED) is 0.499. The predicted molar refractivity (Wildman–Crippen MR) is 31.1 cm³/mol. The average molecular weight is 116 g/mol. The van der Waals surface area contributed by atoms with Crippen molar-refractivity contribution in [3.05, 3.63) is 0 Å². The van der Waals surface area contributed by atoms with Gasteiger partial charge < -0.3 is 4.74 Å². The van der Waals surface area contributed by atoms with Gasteiger partial charge in [-0.1, -0.05) is 0 Å². The molecule has 1 saturated heterocycles. The molecule has 8 heavy (non-hydrogen) atoms. The molecule has 1 rings (SSSR count). The molecule has 1 heterocycles. The molecular weight excluding hydrogens is 104 g/mol. The fourth-order valence-corrected chi connectivity index (χ4v) is 0.829. The molecule has 2 unspecified atom stereocenters. The molecular formula is C5H12N2O. The van der Waals surface area contributed by atoms with Crippen LogP contribution in [0, 0.1) is 0 Å². The van der Waals surface area contributed by atoms with Gasteiger partial charge in [-0.3, -0.25) is 5.43 Å². The first-order valence-corrected chi connectivity index (χ1v) is 2.87. The molecule has 0 bridgehead atoms. The highest BCUT2D eigenvalue weighted by molar-refractivity contribution is 4.70. The van der Waals surface area contributed by atoms with Gasteiger partial charge in [-0.2, -0.15) is 0 Å². The van der Waals surface area contributed by atoms with Crippen LogP contribution in [0.2, 0.25) is 0 Å². The first-order chi connectivity index (χ1) is 3.83. The Kier molecular flexibility index (Phi) is 1.83. The maximum absolute atomic E-state index is 5.01. The van der Waals surface area contributed by atoms with Crippen LogP contribution in [0.15, 0.2) is 0 Å². The molecule has 0 radical (unpaired) electrons. The summed E-state index contributed by atoms with van der Waals surface area (Å²) < 4.78 is 5.01. The molecule has 0 aliphatic carbocycles. The maximum atomic E-state index is 5.01. The molecule has 2 atom stereocenters. The van der Waals surface area contributed by atoms with E-state index in [0.717, 1.165) is 6.42 Å². The first kappa shape index (κ1) is 6.01. The Hall–Kier alpha value is -0.120. The number of ether oxygens (including phenoxy) is 1. The molecule has 0 amide bonds. The first-order valence-electron chi connectivity index (χ1n) is 2.87. The van der Waals surface area contributed by atoms with Crippen molar-refractivity contribution in [2.24, 2.45) is 0 Å². The van der Waals surface area contributed by atoms with Gasteiger partial charge in [0, 0.05) is 19.6 Å². The van der Waals surface area contributed by atoms with Crippen molar-refractivity contribution in [3.63, 3.8) is 0 Å². The third-order valence-electron chi connectivity index (χ3n) is 1.34. The highest BCUT2D eigenvalue weighted by atomic mass is 16.5. The summed E-state index contributed by atoms with van der Waals surface area (Å²) in [4.78, 5) is 0. The van der Waals surface area contributed by atoms with Crippen molar-refractivity contribution < 1.29 is 4.74 Å². The number of hydrogen-bond acceptors (Lipinski definition) is 3. The smallest absolute Gasteiger partial charge is 0.121 e. The minimum Gasteiger partial charge on any atom is -0.365 e. The van der Waals surface area contributed by atoms with E-state index in [1.807, 2.05) is 0 Å². The van der Waals surface area contributed by atoms with Gasteiger partial charge in [0.2, 0.25) is 0 Å². The van der Waals surface area contributed by atoms with E-state index in [9.17, 15) is 0 Å².